The largest absolute Gasteiger partial charge is 0.507 e. The maximum absolute atomic E-state index is 12.9. The lowest BCUT2D eigenvalue weighted by molar-refractivity contribution is 0.0678. The fourth-order valence-electron chi connectivity index (χ4n) is 3.18. The molecule has 2 aromatic carbocycles. The van der Waals surface area contributed by atoms with E-state index in [9.17, 15) is 9.90 Å². The van der Waals surface area contributed by atoms with Crippen molar-refractivity contribution in [1.29, 1.82) is 0 Å². The number of furan rings is 1. The summed E-state index contributed by atoms with van der Waals surface area (Å²) in [7, 11) is 1.61. The number of para-hydroxylation sites is 1. The van der Waals surface area contributed by atoms with Gasteiger partial charge in [-0.15, -0.1) is 0 Å². The predicted octanol–water partition coefficient (Wildman–Crippen LogP) is 3.99. The lowest BCUT2D eigenvalue weighted by Gasteiger charge is -2.21. The first kappa shape index (κ1) is 16.9. The molecular weight excluding hydrogens is 344 g/mol. The van der Waals surface area contributed by atoms with Gasteiger partial charge in [0.25, 0.3) is 0 Å². The Morgan fingerprint density at radius 1 is 1.15 bits per heavy atom. The number of benzene rings is 2. The zero-order valence-electron chi connectivity index (χ0n) is 14.7. The molecule has 136 valence electrons. The number of amides is 1. The van der Waals surface area contributed by atoms with Crippen molar-refractivity contribution < 1.29 is 19.1 Å². The molecule has 0 spiro atoms. The van der Waals surface area contributed by atoms with E-state index < -0.39 is 0 Å². The van der Waals surface area contributed by atoms with Gasteiger partial charge >= 0.3 is 5.91 Å². The standard InChI is InChI=1S/C21H18N2O4/c1-26-15-10-8-14(9-11-15)18-13-17(16-5-2-3-6-19(16)24)22-23(18)21(25)20-7-4-12-27-20/h2-12,18,24H,13H2,1H3/t18-/m1/s1. The highest BCUT2D eigenvalue weighted by molar-refractivity contribution is 6.06. The quantitative estimate of drug-likeness (QED) is 0.762. The topological polar surface area (TPSA) is 75.3 Å². The van der Waals surface area contributed by atoms with E-state index in [1.165, 1.54) is 11.3 Å². The van der Waals surface area contributed by atoms with Gasteiger partial charge in [-0.25, -0.2) is 5.01 Å². The van der Waals surface area contributed by atoms with E-state index in [0.717, 1.165) is 11.3 Å². The fourth-order valence-corrected chi connectivity index (χ4v) is 3.18. The minimum absolute atomic E-state index is 0.136. The highest BCUT2D eigenvalue weighted by atomic mass is 16.5. The summed E-state index contributed by atoms with van der Waals surface area (Å²) in [4.78, 5) is 12.9. The molecule has 6 heteroatoms. The van der Waals surface area contributed by atoms with Crippen molar-refractivity contribution in [2.75, 3.05) is 7.11 Å². The number of phenols is 1. The van der Waals surface area contributed by atoms with Gasteiger partial charge in [-0.05, 0) is 42.0 Å². The summed E-state index contributed by atoms with van der Waals surface area (Å²) in [5, 5.41) is 16.1. The smallest absolute Gasteiger partial charge is 0.310 e. The predicted molar refractivity (Wildman–Crippen MR) is 99.9 cm³/mol. The summed E-state index contributed by atoms with van der Waals surface area (Å²) in [5.41, 5.74) is 2.18. The van der Waals surface area contributed by atoms with Gasteiger partial charge in [-0.2, -0.15) is 5.10 Å². The molecule has 4 rings (SSSR count). The van der Waals surface area contributed by atoms with E-state index in [0.29, 0.717) is 17.7 Å². The van der Waals surface area contributed by atoms with Crippen LogP contribution >= 0.6 is 0 Å². The van der Waals surface area contributed by atoms with Crippen LogP contribution in [-0.4, -0.2) is 28.8 Å². The highest BCUT2D eigenvalue weighted by Gasteiger charge is 2.35. The third-order valence-corrected chi connectivity index (χ3v) is 4.57. The summed E-state index contributed by atoms with van der Waals surface area (Å²) < 4.78 is 10.5. The van der Waals surface area contributed by atoms with Crippen molar-refractivity contribution in [2.45, 2.75) is 12.5 Å². The molecule has 0 saturated carbocycles. The number of phenolic OH excluding ortho intramolecular Hbond substituents is 1. The van der Waals surface area contributed by atoms with E-state index in [4.69, 9.17) is 9.15 Å². The summed E-state index contributed by atoms with van der Waals surface area (Å²) in [6.45, 7) is 0. The Balaban J connectivity index is 1.73. The number of carbonyl (C=O) groups excluding carboxylic acids is 1. The summed E-state index contributed by atoms with van der Waals surface area (Å²) in [6, 6.07) is 17.5. The second-order valence-electron chi connectivity index (χ2n) is 6.18. The Kier molecular flexibility index (Phi) is 4.38. The zero-order valence-corrected chi connectivity index (χ0v) is 14.7. The second-order valence-corrected chi connectivity index (χ2v) is 6.18. The van der Waals surface area contributed by atoms with Gasteiger partial charge in [0.2, 0.25) is 0 Å². The molecule has 0 radical (unpaired) electrons. The van der Waals surface area contributed by atoms with E-state index in [1.807, 2.05) is 30.3 Å². The van der Waals surface area contributed by atoms with Gasteiger partial charge in [0.15, 0.2) is 5.76 Å². The van der Waals surface area contributed by atoms with Gasteiger partial charge in [-0.3, -0.25) is 4.79 Å². The van der Waals surface area contributed by atoms with Gasteiger partial charge < -0.3 is 14.3 Å². The SMILES string of the molecule is COc1ccc([C@H]2CC(c3ccccc3O)=NN2C(=O)c2ccco2)cc1. The number of methoxy groups -OCH3 is 1. The zero-order chi connectivity index (χ0) is 18.8. The molecule has 1 aliphatic rings. The van der Waals surface area contributed by atoms with Crippen LogP contribution < -0.4 is 4.74 Å². The first-order chi connectivity index (χ1) is 13.2. The Morgan fingerprint density at radius 2 is 1.93 bits per heavy atom. The molecule has 6 nitrogen and oxygen atoms in total. The molecule has 2 heterocycles. The third kappa shape index (κ3) is 3.17. The number of nitrogens with zero attached hydrogens (tertiary/aromatic N) is 2. The summed E-state index contributed by atoms with van der Waals surface area (Å²) in [5.74, 6) is 0.765. The van der Waals surface area contributed by atoms with Gasteiger partial charge in [0.1, 0.15) is 11.5 Å². The van der Waals surface area contributed by atoms with Crippen molar-refractivity contribution in [3.05, 3.63) is 83.8 Å². The average Bonchev–Trinajstić information content (AvgIpc) is 3.38. The van der Waals surface area contributed by atoms with E-state index in [-0.39, 0.29) is 23.5 Å². The number of carbonyl (C=O) groups is 1. The Bertz CT molecular complexity index is 978. The van der Waals surface area contributed by atoms with Crippen LogP contribution in [0.2, 0.25) is 0 Å². The minimum Gasteiger partial charge on any atom is -0.507 e. The molecule has 3 aromatic rings. The molecule has 1 aromatic heterocycles. The van der Waals surface area contributed by atoms with Crippen molar-refractivity contribution >= 4 is 11.6 Å². The van der Waals surface area contributed by atoms with Gasteiger partial charge in [0, 0.05) is 12.0 Å². The van der Waals surface area contributed by atoms with Crippen LogP contribution in [0.3, 0.4) is 0 Å². The van der Waals surface area contributed by atoms with Crippen LogP contribution in [0.15, 0.2) is 76.4 Å². The van der Waals surface area contributed by atoms with Gasteiger partial charge in [-0.1, -0.05) is 24.3 Å². The van der Waals surface area contributed by atoms with Crippen LogP contribution in [0.4, 0.5) is 0 Å². The first-order valence-electron chi connectivity index (χ1n) is 8.54. The normalized spacial score (nSPS) is 16.3. The molecule has 1 amide bonds. The molecule has 0 saturated heterocycles. The highest BCUT2D eigenvalue weighted by Crippen LogP contribution is 2.36. The maximum atomic E-state index is 12.9. The van der Waals surface area contributed by atoms with Crippen LogP contribution in [0.5, 0.6) is 11.5 Å². The number of hydrogen-bond acceptors (Lipinski definition) is 5. The van der Waals surface area contributed by atoms with Crippen molar-refractivity contribution in [3.8, 4) is 11.5 Å². The average molecular weight is 362 g/mol. The number of aromatic hydroxyl groups is 1. The van der Waals surface area contributed by atoms with E-state index in [2.05, 4.69) is 5.10 Å². The Hall–Kier alpha value is -3.54. The third-order valence-electron chi connectivity index (χ3n) is 4.57. The lowest BCUT2D eigenvalue weighted by Crippen LogP contribution is -2.26. The van der Waals surface area contributed by atoms with E-state index in [1.54, 1.807) is 37.4 Å². The fraction of sp³-hybridized carbons (Fsp3) is 0.143. The molecule has 0 aliphatic carbocycles. The molecule has 27 heavy (non-hydrogen) atoms. The number of rotatable bonds is 4. The number of hydrazone groups is 1. The monoisotopic (exact) mass is 362 g/mol. The van der Waals surface area contributed by atoms with Crippen LogP contribution in [-0.2, 0) is 0 Å². The Morgan fingerprint density at radius 3 is 2.59 bits per heavy atom. The van der Waals surface area contributed by atoms with Crippen molar-refractivity contribution in [2.24, 2.45) is 5.10 Å². The molecule has 1 N–H and O–H groups in total. The summed E-state index contributed by atoms with van der Waals surface area (Å²) >= 11 is 0. The molecule has 0 bridgehead atoms. The maximum Gasteiger partial charge on any atom is 0.310 e. The number of hydrogen-bond donors (Lipinski definition) is 1. The van der Waals surface area contributed by atoms with Crippen LogP contribution in [0.25, 0.3) is 0 Å². The lowest BCUT2D eigenvalue weighted by atomic mass is 9.98. The van der Waals surface area contributed by atoms with E-state index >= 15 is 0 Å². The molecule has 1 atom stereocenters. The minimum atomic E-state index is -0.328. The van der Waals surface area contributed by atoms with Gasteiger partial charge in [0.05, 0.1) is 25.1 Å². The first-order valence-corrected chi connectivity index (χ1v) is 8.54. The van der Waals surface area contributed by atoms with Crippen LogP contribution in [0, 0.1) is 0 Å². The van der Waals surface area contributed by atoms with Crippen LogP contribution in [0.1, 0.15) is 34.1 Å². The van der Waals surface area contributed by atoms with Crippen molar-refractivity contribution in [1.82, 2.24) is 5.01 Å². The molecular formula is C21H18N2O4. The molecule has 0 unspecified atom stereocenters. The summed E-state index contributed by atoms with van der Waals surface area (Å²) in [6.07, 6.45) is 1.94. The number of ether oxygens (including phenoxy) is 1. The Labute approximate surface area is 156 Å². The van der Waals surface area contributed by atoms with Crippen molar-refractivity contribution in [3.63, 3.8) is 0 Å². The second kappa shape index (κ2) is 6.99. The molecule has 0 fully saturated rings. The molecule has 1 aliphatic heterocycles.